The fourth-order valence-electron chi connectivity index (χ4n) is 3.51. The normalized spacial score (nSPS) is 17.8. The summed E-state index contributed by atoms with van der Waals surface area (Å²) in [5, 5.41) is 0. The number of hydrogen-bond acceptors (Lipinski definition) is 7. The van der Waals surface area contributed by atoms with Crippen molar-refractivity contribution in [2.75, 3.05) is 44.4 Å². The van der Waals surface area contributed by atoms with E-state index in [1.165, 1.54) is 4.31 Å². The predicted molar refractivity (Wildman–Crippen MR) is 113 cm³/mol. The summed E-state index contributed by atoms with van der Waals surface area (Å²) in [7, 11) is -3.61. The molecule has 1 saturated heterocycles. The summed E-state index contributed by atoms with van der Waals surface area (Å²) < 4.78 is 38.9. The van der Waals surface area contributed by atoms with E-state index in [0.29, 0.717) is 50.4 Å². The van der Waals surface area contributed by atoms with Crippen molar-refractivity contribution in [2.45, 2.75) is 31.7 Å². The third-order valence-electron chi connectivity index (χ3n) is 5.24. The Balaban J connectivity index is 1.50. The number of fused-ring (bicyclic) bond motifs is 1. The van der Waals surface area contributed by atoms with E-state index < -0.39 is 10.0 Å². The SMILES string of the molecule is CC(C)COc1ccc(S(=O)(=O)N2CCc3cnc(N4CCOCC4)nc3C2)cc1. The molecule has 1 aromatic carbocycles. The Kier molecular flexibility index (Phi) is 6.21. The zero-order valence-corrected chi connectivity index (χ0v) is 18.3. The topological polar surface area (TPSA) is 84.9 Å². The second-order valence-corrected chi connectivity index (χ2v) is 9.94. The summed E-state index contributed by atoms with van der Waals surface area (Å²) >= 11 is 0. The molecule has 0 unspecified atom stereocenters. The molecule has 2 aliphatic rings. The molecule has 0 amide bonds. The van der Waals surface area contributed by atoms with Gasteiger partial charge >= 0.3 is 0 Å². The van der Waals surface area contributed by atoms with Crippen LogP contribution in [-0.4, -0.2) is 62.1 Å². The quantitative estimate of drug-likeness (QED) is 0.691. The van der Waals surface area contributed by atoms with Crippen molar-refractivity contribution < 1.29 is 17.9 Å². The van der Waals surface area contributed by atoms with Crippen LogP contribution in [0, 0.1) is 5.92 Å². The number of nitrogens with zero attached hydrogens (tertiary/aromatic N) is 4. The van der Waals surface area contributed by atoms with Crippen LogP contribution in [0.2, 0.25) is 0 Å². The summed E-state index contributed by atoms with van der Waals surface area (Å²) in [6.07, 6.45) is 2.44. The zero-order chi connectivity index (χ0) is 21.1. The van der Waals surface area contributed by atoms with Crippen LogP contribution in [0.1, 0.15) is 25.1 Å². The number of ether oxygens (including phenoxy) is 2. The van der Waals surface area contributed by atoms with E-state index in [4.69, 9.17) is 9.47 Å². The molecule has 0 N–H and O–H groups in total. The number of sulfonamides is 1. The first kappa shape index (κ1) is 21.0. The van der Waals surface area contributed by atoms with Gasteiger partial charge in [0.05, 0.1) is 37.0 Å². The van der Waals surface area contributed by atoms with Crippen molar-refractivity contribution >= 4 is 16.0 Å². The van der Waals surface area contributed by atoms with Gasteiger partial charge in [-0.05, 0) is 42.2 Å². The molecule has 0 bridgehead atoms. The molecule has 0 radical (unpaired) electrons. The molecule has 2 aromatic rings. The summed E-state index contributed by atoms with van der Waals surface area (Å²) in [6.45, 7) is 8.19. The first-order valence-electron chi connectivity index (χ1n) is 10.3. The Morgan fingerprint density at radius 2 is 1.87 bits per heavy atom. The van der Waals surface area contributed by atoms with Crippen LogP contribution in [0.15, 0.2) is 35.4 Å². The molecular formula is C21H28N4O4S. The van der Waals surface area contributed by atoms with Gasteiger partial charge in [-0.15, -0.1) is 0 Å². The summed E-state index contributed by atoms with van der Waals surface area (Å²) in [4.78, 5) is 11.5. The minimum absolute atomic E-state index is 0.253. The highest BCUT2D eigenvalue weighted by Gasteiger charge is 2.30. The van der Waals surface area contributed by atoms with Crippen molar-refractivity contribution in [3.8, 4) is 5.75 Å². The first-order valence-corrected chi connectivity index (χ1v) is 11.8. The summed E-state index contributed by atoms with van der Waals surface area (Å²) in [5.74, 6) is 1.73. The van der Waals surface area contributed by atoms with Gasteiger partial charge in [0.1, 0.15) is 5.75 Å². The molecule has 1 fully saturated rings. The molecule has 4 rings (SSSR count). The number of benzene rings is 1. The van der Waals surface area contributed by atoms with Gasteiger partial charge in [-0.3, -0.25) is 0 Å². The van der Waals surface area contributed by atoms with E-state index in [1.54, 1.807) is 24.3 Å². The molecular weight excluding hydrogens is 404 g/mol. The predicted octanol–water partition coefficient (Wildman–Crippen LogP) is 2.09. The third kappa shape index (κ3) is 4.58. The van der Waals surface area contributed by atoms with E-state index in [0.717, 1.165) is 24.3 Å². The van der Waals surface area contributed by atoms with Crippen molar-refractivity contribution in [3.05, 3.63) is 41.7 Å². The average Bonchev–Trinajstić information content (AvgIpc) is 2.77. The van der Waals surface area contributed by atoms with Crippen molar-refractivity contribution in [3.63, 3.8) is 0 Å². The van der Waals surface area contributed by atoms with Crippen LogP contribution in [0.5, 0.6) is 5.75 Å². The van der Waals surface area contributed by atoms with E-state index in [1.807, 2.05) is 6.20 Å². The number of hydrogen-bond donors (Lipinski definition) is 0. The molecule has 0 atom stereocenters. The molecule has 9 heteroatoms. The maximum atomic E-state index is 13.2. The first-order chi connectivity index (χ1) is 14.4. The molecule has 0 aliphatic carbocycles. The number of morpholine rings is 1. The van der Waals surface area contributed by atoms with Gasteiger partial charge in [-0.2, -0.15) is 4.31 Å². The summed E-state index contributed by atoms with van der Waals surface area (Å²) in [6, 6.07) is 6.65. The van der Waals surface area contributed by atoms with Gasteiger partial charge in [0, 0.05) is 25.8 Å². The zero-order valence-electron chi connectivity index (χ0n) is 17.5. The van der Waals surface area contributed by atoms with Gasteiger partial charge < -0.3 is 14.4 Å². The lowest BCUT2D eigenvalue weighted by atomic mass is 10.1. The second-order valence-electron chi connectivity index (χ2n) is 8.01. The molecule has 1 aromatic heterocycles. The Labute approximate surface area is 177 Å². The molecule has 8 nitrogen and oxygen atoms in total. The van der Waals surface area contributed by atoms with Crippen LogP contribution in [0.3, 0.4) is 0 Å². The van der Waals surface area contributed by atoms with Crippen molar-refractivity contribution in [1.82, 2.24) is 14.3 Å². The van der Waals surface area contributed by atoms with Crippen molar-refractivity contribution in [1.29, 1.82) is 0 Å². The lowest BCUT2D eigenvalue weighted by molar-refractivity contribution is 0.122. The molecule has 162 valence electrons. The van der Waals surface area contributed by atoms with Crippen LogP contribution in [0.4, 0.5) is 5.95 Å². The standard InChI is InChI=1S/C21H28N4O4S/c1-16(2)15-29-18-3-5-19(6-4-18)30(26,27)25-8-7-17-13-22-21(23-20(17)14-25)24-9-11-28-12-10-24/h3-6,13,16H,7-12,14-15H2,1-2H3. The summed E-state index contributed by atoms with van der Waals surface area (Å²) in [5.41, 5.74) is 1.79. The Morgan fingerprint density at radius 1 is 1.13 bits per heavy atom. The van der Waals surface area contributed by atoms with E-state index in [-0.39, 0.29) is 11.4 Å². The number of rotatable bonds is 6. The highest BCUT2D eigenvalue weighted by molar-refractivity contribution is 7.89. The Morgan fingerprint density at radius 3 is 2.57 bits per heavy atom. The van der Waals surface area contributed by atoms with Crippen LogP contribution >= 0.6 is 0 Å². The monoisotopic (exact) mass is 432 g/mol. The van der Waals surface area contributed by atoms with Crippen molar-refractivity contribution in [2.24, 2.45) is 5.92 Å². The highest BCUT2D eigenvalue weighted by Crippen LogP contribution is 2.26. The smallest absolute Gasteiger partial charge is 0.243 e. The van der Waals surface area contributed by atoms with Crippen LogP contribution in [0.25, 0.3) is 0 Å². The lowest BCUT2D eigenvalue weighted by Crippen LogP contribution is -2.39. The Bertz CT molecular complexity index is 973. The molecule has 30 heavy (non-hydrogen) atoms. The molecule has 0 saturated carbocycles. The van der Waals surface area contributed by atoms with Gasteiger partial charge in [0.25, 0.3) is 0 Å². The Hall–Kier alpha value is -2.23. The minimum Gasteiger partial charge on any atom is -0.493 e. The fraction of sp³-hybridized carbons (Fsp3) is 0.524. The van der Waals surface area contributed by atoms with Gasteiger partial charge in [0.15, 0.2) is 0 Å². The molecule has 2 aliphatic heterocycles. The third-order valence-corrected chi connectivity index (χ3v) is 7.10. The minimum atomic E-state index is -3.61. The van der Waals surface area contributed by atoms with Gasteiger partial charge in [-0.25, -0.2) is 18.4 Å². The second kappa shape index (κ2) is 8.87. The number of anilines is 1. The molecule has 0 spiro atoms. The van der Waals surface area contributed by atoms with Gasteiger partial charge in [0.2, 0.25) is 16.0 Å². The maximum absolute atomic E-state index is 13.2. The average molecular weight is 433 g/mol. The largest absolute Gasteiger partial charge is 0.493 e. The highest BCUT2D eigenvalue weighted by atomic mass is 32.2. The van der Waals surface area contributed by atoms with E-state index in [9.17, 15) is 8.42 Å². The maximum Gasteiger partial charge on any atom is 0.243 e. The lowest BCUT2D eigenvalue weighted by Gasteiger charge is -2.30. The molecule has 3 heterocycles. The van der Waals surface area contributed by atoms with E-state index >= 15 is 0 Å². The van der Waals surface area contributed by atoms with E-state index in [2.05, 4.69) is 28.7 Å². The van der Waals surface area contributed by atoms with Crippen LogP contribution in [-0.2, 0) is 27.7 Å². The number of aromatic nitrogens is 2. The van der Waals surface area contributed by atoms with Crippen LogP contribution < -0.4 is 9.64 Å². The fourth-order valence-corrected chi connectivity index (χ4v) is 4.91. The van der Waals surface area contributed by atoms with Gasteiger partial charge in [-0.1, -0.05) is 13.8 Å².